The zero-order chi connectivity index (χ0) is 16.8. The lowest BCUT2D eigenvalue weighted by Crippen LogP contribution is -2.15. The number of carbonyl (C=O) groups excluding carboxylic acids is 1. The lowest BCUT2D eigenvalue weighted by Gasteiger charge is -2.07. The molecule has 8 heteroatoms. The minimum atomic E-state index is -1.56. The van der Waals surface area contributed by atoms with E-state index in [0.717, 1.165) is 6.07 Å². The Kier molecular flexibility index (Phi) is 4.98. The van der Waals surface area contributed by atoms with Gasteiger partial charge in [-0.15, -0.1) is 0 Å². The van der Waals surface area contributed by atoms with Crippen LogP contribution in [0.1, 0.15) is 26.4 Å². The maximum atomic E-state index is 12.0. The molecular formula is C15H12N2O6. The molecule has 0 saturated heterocycles. The first-order valence-electron chi connectivity index (χ1n) is 6.58. The fraction of sp³-hybridized carbons (Fsp3) is 0.133. The first-order valence-corrected chi connectivity index (χ1v) is 6.58. The summed E-state index contributed by atoms with van der Waals surface area (Å²) in [5, 5.41) is 20.0. The van der Waals surface area contributed by atoms with Crippen LogP contribution in [0.3, 0.4) is 0 Å². The van der Waals surface area contributed by atoms with Crippen molar-refractivity contribution in [2.24, 2.45) is 0 Å². The first kappa shape index (κ1) is 16.1. The molecule has 0 atom stereocenters. The van der Waals surface area contributed by atoms with E-state index in [2.05, 4.69) is 4.98 Å². The summed E-state index contributed by atoms with van der Waals surface area (Å²) in [7, 11) is 0. The van der Waals surface area contributed by atoms with E-state index in [0.29, 0.717) is 12.1 Å². The molecule has 0 aliphatic carbocycles. The molecule has 0 radical (unpaired) electrons. The highest BCUT2D eigenvalue weighted by molar-refractivity contribution is 6.05. The van der Waals surface area contributed by atoms with Crippen LogP contribution in [0.5, 0.6) is 0 Å². The second kappa shape index (κ2) is 7.12. The average molecular weight is 316 g/mol. The van der Waals surface area contributed by atoms with E-state index in [4.69, 9.17) is 9.84 Å². The molecule has 1 aromatic carbocycles. The molecule has 0 fully saturated rings. The van der Waals surface area contributed by atoms with Crippen LogP contribution in [0.15, 0.2) is 42.6 Å². The highest BCUT2D eigenvalue weighted by Gasteiger charge is 2.27. The Morgan fingerprint density at radius 2 is 2.00 bits per heavy atom. The molecule has 0 unspecified atom stereocenters. The van der Waals surface area contributed by atoms with Crippen LogP contribution >= 0.6 is 0 Å². The van der Waals surface area contributed by atoms with Crippen molar-refractivity contribution >= 4 is 17.6 Å². The number of carbonyl (C=O) groups is 2. The topological polar surface area (TPSA) is 120 Å². The van der Waals surface area contributed by atoms with Crippen molar-refractivity contribution in [3.63, 3.8) is 0 Å². The summed E-state index contributed by atoms with van der Waals surface area (Å²) >= 11 is 0. The predicted octanol–water partition coefficient (Wildman–Crippen LogP) is 2.09. The Bertz CT molecular complexity index is 745. The first-order chi connectivity index (χ1) is 11.0. The Morgan fingerprint density at radius 3 is 2.61 bits per heavy atom. The SMILES string of the molecule is O=C(OCCc1ccccn1)c1cccc([N+](=O)[O-])c1C(=O)O. The number of esters is 1. The number of ether oxygens (including phenoxy) is 1. The third kappa shape index (κ3) is 3.88. The number of pyridine rings is 1. The second-order valence-electron chi connectivity index (χ2n) is 4.47. The van der Waals surface area contributed by atoms with Crippen LogP contribution in [-0.4, -0.2) is 33.6 Å². The van der Waals surface area contributed by atoms with Gasteiger partial charge < -0.3 is 9.84 Å². The van der Waals surface area contributed by atoms with Gasteiger partial charge in [-0.05, 0) is 18.2 Å². The highest BCUT2D eigenvalue weighted by Crippen LogP contribution is 2.23. The summed E-state index contributed by atoms with van der Waals surface area (Å²) in [6.45, 7) is -0.0163. The predicted molar refractivity (Wildman–Crippen MR) is 78.3 cm³/mol. The van der Waals surface area contributed by atoms with Gasteiger partial charge >= 0.3 is 11.9 Å². The van der Waals surface area contributed by atoms with Crippen molar-refractivity contribution < 1.29 is 24.4 Å². The highest BCUT2D eigenvalue weighted by atomic mass is 16.6. The van der Waals surface area contributed by atoms with Crippen molar-refractivity contribution in [1.29, 1.82) is 0 Å². The molecule has 0 bridgehead atoms. The summed E-state index contributed by atoms with van der Waals surface area (Å²) in [6.07, 6.45) is 1.95. The summed E-state index contributed by atoms with van der Waals surface area (Å²) in [4.78, 5) is 37.3. The molecule has 2 rings (SSSR count). The molecule has 0 amide bonds. The molecule has 23 heavy (non-hydrogen) atoms. The van der Waals surface area contributed by atoms with Crippen LogP contribution < -0.4 is 0 Å². The molecule has 1 aromatic heterocycles. The van der Waals surface area contributed by atoms with Gasteiger partial charge in [0.05, 0.1) is 17.1 Å². The lowest BCUT2D eigenvalue weighted by atomic mass is 10.1. The molecule has 0 saturated carbocycles. The quantitative estimate of drug-likeness (QED) is 0.492. The number of nitro groups is 1. The third-order valence-corrected chi connectivity index (χ3v) is 2.99. The molecule has 1 heterocycles. The zero-order valence-corrected chi connectivity index (χ0v) is 11.8. The smallest absolute Gasteiger partial charge is 0.343 e. The summed E-state index contributed by atoms with van der Waals surface area (Å²) in [5.41, 5.74) is -0.984. The Balaban J connectivity index is 2.14. The van der Waals surface area contributed by atoms with Crippen molar-refractivity contribution in [2.75, 3.05) is 6.61 Å². The molecule has 0 spiro atoms. The fourth-order valence-corrected chi connectivity index (χ4v) is 1.96. The summed E-state index contributed by atoms with van der Waals surface area (Å²) < 4.78 is 4.99. The van der Waals surface area contributed by atoms with Crippen molar-refractivity contribution in [3.05, 3.63) is 69.5 Å². The number of hydrogen-bond acceptors (Lipinski definition) is 6. The van der Waals surface area contributed by atoms with Gasteiger partial charge in [0, 0.05) is 24.4 Å². The Labute approximate surface area is 130 Å². The van der Waals surface area contributed by atoms with E-state index in [9.17, 15) is 19.7 Å². The average Bonchev–Trinajstić information content (AvgIpc) is 2.54. The lowest BCUT2D eigenvalue weighted by molar-refractivity contribution is -0.385. The molecule has 1 N–H and O–H groups in total. The standard InChI is InChI=1S/C15H12N2O6/c18-14(19)13-11(5-3-6-12(13)17(21)22)15(20)23-9-7-10-4-1-2-8-16-10/h1-6,8H,7,9H2,(H,18,19). The minimum absolute atomic E-state index is 0.0163. The molecule has 2 aromatic rings. The van der Waals surface area contributed by atoms with E-state index in [-0.39, 0.29) is 12.2 Å². The fourth-order valence-electron chi connectivity index (χ4n) is 1.96. The van der Waals surface area contributed by atoms with Gasteiger partial charge in [0.1, 0.15) is 0 Å². The van der Waals surface area contributed by atoms with Crippen LogP contribution in [-0.2, 0) is 11.2 Å². The van der Waals surface area contributed by atoms with Crippen LogP contribution in [0.4, 0.5) is 5.69 Å². The number of carboxylic acids is 1. The van der Waals surface area contributed by atoms with E-state index in [1.54, 1.807) is 24.4 Å². The van der Waals surface area contributed by atoms with Crippen LogP contribution in [0.2, 0.25) is 0 Å². The van der Waals surface area contributed by atoms with Crippen molar-refractivity contribution in [3.8, 4) is 0 Å². The number of nitro benzene ring substituents is 1. The van der Waals surface area contributed by atoms with Gasteiger partial charge in [-0.1, -0.05) is 12.1 Å². The van der Waals surface area contributed by atoms with E-state index in [1.165, 1.54) is 12.1 Å². The van der Waals surface area contributed by atoms with Gasteiger partial charge in [0.15, 0.2) is 5.56 Å². The van der Waals surface area contributed by atoms with E-state index >= 15 is 0 Å². The number of carboxylic acid groups (broad SMARTS) is 1. The number of aromatic nitrogens is 1. The van der Waals surface area contributed by atoms with Gasteiger partial charge in [0.25, 0.3) is 5.69 Å². The Hall–Kier alpha value is -3.29. The number of nitrogens with zero attached hydrogens (tertiary/aromatic N) is 2. The van der Waals surface area contributed by atoms with Crippen molar-refractivity contribution in [1.82, 2.24) is 4.98 Å². The second-order valence-corrected chi connectivity index (χ2v) is 4.47. The normalized spacial score (nSPS) is 10.1. The maximum Gasteiger partial charge on any atom is 0.343 e. The summed E-state index contributed by atoms with van der Waals surface area (Å²) in [6, 6.07) is 8.72. The number of benzene rings is 1. The molecule has 0 aliphatic rings. The van der Waals surface area contributed by atoms with E-state index in [1.807, 2.05) is 0 Å². The number of hydrogen-bond donors (Lipinski definition) is 1. The zero-order valence-electron chi connectivity index (χ0n) is 11.8. The van der Waals surface area contributed by atoms with Gasteiger partial charge in [0.2, 0.25) is 0 Å². The maximum absolute atomic E-state index is 12.0. The molecular weight excluding hydrogens is 304 g/mol. The summed E-state index contributed by atoms with van der Waals surface area (Å²) in [5.74, 6) is -2.49. The van der Waals surface area contributed by atoms with Crippen molar-refractivity contribution in [2.45, 2.75) is 6.42 Å². The van der Waals surface area contributed by atoms with Crippen LogP contribution in [0, 0.1) is 10.1 Å². The van der Waals surface area contributed by atoms with Gasteiger partial charge in [-0.3, -0.25) is 15.1 Å². The monoisotopic (exact) mass is 316 g/mol. The minimum Gasteiger partial charge on any atom is -0.477 e. The molecule has 8 nitrogen and oxygen atoms in total. The van der Waals surface area contributed by atoms with E-state index < -0.39 is 28.1 Å². The number of aromatic carboxylic acids is 1. The Morgan fingerprint density at radius 1 is 1.22 bits per heavy atom. The van der Waals surface area contributed by atoms with Gasteiger partial charge in [-0.25, -0.2) is 9.59 Å². The molecule has 0 aliphatic heterocycles. The largest absolute Gasteiger partial charge is 0.477 e. The van der Waals surface area contributed by atoms with Gasteiger partial charge in [-0.2, -0.15) is 0 Å². The number of rotatable bonds is 6. The van der Waals surface area contributed by atoms with Crippen LogP contribution in [0.25, 0.3) is 0 Å². The third-order valence-electron chi connectivity index (χ3n) is 2.99. The molecule has 118 valence electrons.